The van der Waals surface area contributed by atoms with Gasteiger partial charge in [-0.1, -0.05) is 12.1 Å². The summed E-state index contributed by atoms with van der Waals surface area (Å²) in [7, 11) is 3.32. The summed E-state index contributed by atoms with van der Waals surface area (Å²) in [4.78, 5) is 16.7. The minimum Gasteiger partial charge on any atom is -0.497 e. The fourth-order valence-corrected chi connectivity index (χ4v) is 3.12. The quantitative estimate of drug-likeness (QED) is 0.863. The number of anilines is 2. The van der Waals surface area contributed by atoms with Gasteiger partial charge >= 0.3 is 0 Å². The number of amides is 1. The molecule has 0 aliphatic carbocycles. The Balaban J connectivity index is 1.49. The number of nitrogens with one attached hydrogen (secondary N) is 1. The molecule has 1 aliphatic heterocycles. The maximum absolute atomic E-state index is 12.3. The Morgan fingerprint density at radius 1 is 0.962 bits per heavy atom. The molecule has 26 heavy (non-hydrogen) atoms. The number of ether oxygens (including phenoxy) is 2. The lowest BCUT2D eigenvalue weighted by molar-refractivity contribution is -0.117. The third-order valence-electron chi connectivity index (χ3n) is 4.54. The Hall–Kier alpha value is -2.73. The van der Waals surface area contributed by atoms with Crippen LogP contribution in [-0.2, 0) is 4.79 Å². The second kappa shape index (κ2) is 8.58. The molecule has 0 aromatic heterocycles. The van der Waals surface area contributed by atoms with E-state index in [1.54, 1.807) is 14.2 Å². The zero-order valence-corrected chi connectivity index (χ0v) is 15.3. The van der Waals surface area contributed by atoms with Gasteiger partial charge in [0.1, 0.15) is 11.5 Å². The first-order valence-corrected chi connectivity index (χ1v) is 8.74. The number of benzene rings is 2. The molecule has 1 amide bonds. The van der Waals surface area contributed by atoms with E-state index in [1.165, 1.54) is 0 Å². The molecule has 0 saturated carbocycles. The lowest BCUT2D eigenvalue weighted by Crippen LogP contribution is -2.48. The van der Waals surface area contributed by atoms with Crippen molar-refractivity contribution >= 4 is 17.3 Å². The number of carbonyl (C=O) groups is 1. The minimum absolute atomic E-state index is 0.000841. The fraction of sp³-hybridized carbons (Fsp3) is 0.350. The molecule has 1 fully saturated rings. The molecule has 2 aromatic rings. The van der Waals surface area contributed by atoms with Crippen LogP contribution in [0.5, 0.6) is 11.5 Å². The number of methoxy groups -OCH3 is 2. The van der Waals surface area contributed by atoms with Crippen LogP contribution in [0.2, 0.25) is 0 Å². The summed E-state index contributed by atoms with van der Waals surface area (Å²) < 4.78 is 10.6. The Labute approximate surface area is 154 Å². The highest BCUT2D eigenvalue weighted by Gasteiger charge is 2.21. The van der Waals surface area contributed by atoms with E-state index in [0.29, 0.717) is 6.54 Å². The summed E-state index contributed by atoms with van der Waals surface area (Å²) in [6, 6.07) is 15.4. The van der Waals surface area contributed by atoms with Crippen LogP contribution in [0, 0.1) is 0 Å². The average molecular weight is 355 g/mol. The van der Waals surface area contributed by atoms with Gasteiger partial charge in [0.25, 0.3) is 0 Å². The molecule has 1 saturated heterocycles. The highest BCUT2D eigenvalue weighted by molar-refractivity contribution is 5.92. The minimum atomic E-state index is 0.000841. The van der Waals surface area contributed by atoms with Crippen LogP contribution in [0.1, 0.15) is 0 Å². The van der Waals surface area contributed by atoms with E-state index < -0.39 is 0 Å². The molecule has 138 valence electrons. The van der Waals surface area contributed by atoms with E-state index in [4.69, 9.17) is 9.47 Å². The lowest BCUT2D eigenvalue weighted by Gasteiger charge is -2.36. The number of rotatable bonds is 6. The third kappa shape index (κ3) is 4.46. The van der Waals surface area contributed by atoms with Gasteiger partial charge in [-0.05, 0) is 36.4 Å². The van der Waals surface area contributed by atoms with E-state index in [1.807, 2.05) is 42.5 Å². The van der Waals surface area contributed by atoms with Crippen molar-refractivity contribution in [2.24, 2.45) is 0 Å². The fourth-order valence-electron chi connectivity index (χ4n) is 3.12. The van der Waals surface area contributed by atoms with Gasteiger partial charge in [0, 0.05) is 31.9 Å². The number of hydrogen-bond acceptors (Lipinski definition) is 5. The molecule has 1 N–H and O–H groups in total. The Morgan fingerprint density at radius 2 is 1.65 bits per heavy atom. The predicted octanol–water partition coefficient (Wildman–Crippen LogP) is 2.46. The molecule has 6 heteroatoms. The zero-order valence-electron chi connectivity index (χ0n) is 15.3. The highest BCUT2D eigenvalue weighted by Crippen LogP contribution is 2.28. The molecule has 0 unspecified atom stereocenters. The van der Waals surface area contributed by atoms with E-state index in [2.05, 4.69) is 21.2 Å². The first-order chi connectivity index (χ1) is 12.7. The van der Waals surface area contributed by atoms with Crippen molar-refractivity contribution < 1.29 is 14.3 Å². The molecule has 0 spiro atoms. The normalized spacial score (nSPS) is 14.8. The van der Waals surface area contributed by atoms with Crippen molar-refractivity contribution in [1.82, 2.24) is 4.90 Å². The van der Waals surface area contributed by atoms with Crippen molar-refractivity contribution in [3.05, 3.63) is 48.5 Å². The molecule has 3 rings (SSSR count). The molecule has 0 radical (unpaired) electrons. The summed E-state index contributed by atoms with van der Waals surface area (Å²) in [5.41, 5.74) is 1.89. The Kier molecular flexibility index (Phi) is 5.96. The van der Waals surface area contributed by atoms with E-state index in [-0.39, 0.29) is 5.91 Å². The first kappa shape index (κ1) is 18.1. The number of hydrogen-bond donors (Lipinski definition) is 1. The predicted molar refractivity (Wildman–Crippen MR) is 103 cm³/mol. The summed E-state index contributed by atoms with van der Waals surface area (Å²) in [6.45, 7) is 3.82. The van der Waals surface area contributed by atoms with E-state index >= 15 is 0 Å². The zero-order chi connectivity index (χ0) is 18.4. The standard InChI is InChI=1S/C20H25N3O3/c1-25-17-9-7-16(8-10-17)21-20(24)15-22-11-13-23(14-12-22)18-5-3-4-6-19(18)26-2/h3-10H,11-15H2,1-2H3,(H,21,24). The summed E-state index contributed by atoms with van der Waals surface area (Å²) in [5, 5.41) is 2.93. The molecule has 2 aromatic carbocycles. The van der Waals surface area contributed by atoms with Gasteiger partial charge in [0.15, 0.2) is 0 Å². The molecule has 0 bridgehead atoms. The van der Waals surface area contributed by atoms with Crippen LogP contribution in [0.3, 0.4) is 0 Å². The Bertz CT molecular complexity index is 725. The van der Waals surface area contributed by atoms with Crippen molar-refractivity contribution in [3.8, 4) is 11.5 Å². The topological polar surface area (TPSA) is 54.0 Å². The number of piperazine rings is 1. The summed E-state index contributed by atoms with van der Waals surface area (Å²) >= 11 is 0. The van der Waals surface area contributed by atoms with E-state index in [0.717, 1.165) is 49.1 Å². The number of para-hydroxylation sites is 2. The maximum atomic E-state index is 12.3. The molecular weight excluding hydrogens is 330 g/mol. The number of nitrogens with zero attached hydrogens (tertiary/aromatic N) is 2. The van der Waals surface area contributed by atoms with E-state index in [9.17, 15) is 4.79 Å². The second-order valence-electron chi connectivity index (χ2n) is 6.21. The molecular formula is C20H25N3O3. The summed E-state index contributed by atoms with van der Waals surface area (Å²) in [6.07, 6.45) is 0. The highest BCUT2D eigenvalue weighted by atomic mass is 16.5. The van der Waals surface area contributed by atoms with Gasteiger partial charge in [-0.2, -0.15) is 0 Å². The van der Waals surface area contributed by atoms with Gasteiger partial charge in [-0.15, -0.1) is 0 Å². The lowest BCUT2D eigenvalue weighted by atomic mass is 10.2. The van der Waals surface area contributed by atoms with Gasteiger partial charge < -0.3 is 19.7 Å². The van der Waals surface area contributed by atoms with Gasteiger partial charge in [0.05, 0.1) is 26.5 Å². The molecule has 1 heterocycles. The summed E-state index contributed by atoms with van der Waals surface area (Å²) in [5.74, 6) is 1.66. The monoisotopic (exact) mass is 355 g/mol. The van der Waals surface area contributed by atoms with Crippen LogP contribution in [0.4, 0.5) is 11.4 Å². The van der Waals surface area contributed by atoms with Crippen LogP contribution in [-0.4, -0.2) is 57.8 Å². The van der Waals surface area contributed by atoms with Crippen molar-refractivity contribution in [2.45, 2.75) is 0 Å². The van der Waals surface area contributed by atoms with Crippen LogP contribution in [0.15, 0.2) is 48.5 Å². The SMILES string of the molecule is COc1ccc(NC(=O)CN2CCN(c3ccccc3OC)CC2)cc1. The third-order valence-corrected chi connectivity index (χ3v) is 4.54. The van der Waals surface area contributed by atoms with Crippen LogP contribution >= 0.6 is 0 Å². The van der Waals surface area contributed by atoms with Gasteiger partial charge in [0.2, 0.25) is 5.91 Å². The first-order valence-electron chi connectivity index (χ1n) is 8.74. The van der Waals surface area contributed by atoms with Gasteiger partial charge in [-0.3, -0.25) is 9.69 Å². The van der Waals surface area contributed by atoms with Gasteiger partial charge in [-0.25, -0.2) is 0 Å². The van der Waals surface area contributed by atoms with Crippen LogP contribution < -0.4 is 19.7 Å². The van der Waals surface area contributed by atoms with Crippen molar-refractivity contribution in [2.75, 3.05) is 57.2 Å². The van der Waals surface area contributed by atoms with Crippen molar-refractivity contribution in [1.29, 1.82) is 0 Å². The average Bonchev–Trinajstić information content (AvgIpc) is 2.69. The number of carbonyl (C=O) groups excluding carboxylic acids is 1. The molecule has 0 atom stereocenters. The molecule has 1 aliphatic rings. The Morgan fingerprint density at radius 3 is 2.31 bits per heavy atom. The smallest absolute Gasteiger partial charge is 0.238 e. The largest absolute Gasteiger partial charge is 0.497 e. The second-order valence-corrected chi connectivity index (χ2v) is 6.21. The van der Waals surface area contributed by atoms with Crippen LogP contribution in [0.25, 0.3) is 0 Å². The maximum Gasteiger partial charge on any atom is 0.238 e. The van der Waals surface area contributed by atoms with Crippen molar-refractivity contribution in [3.63, 3.8) is 0 Å². The molecule has 6 nitrogen and oxygen atoms in total.